The summed E-state index contributed by atoms with van der Waals surface area (Å²) in [5, 5.41) is 14.8. The summed E-state index contributed by atoms with van der Waals surface area (Å²) in [6, 6.07) is 14.7. The molecular formula is C20H22N4OS2. The lowest BCUT2D eigenvalue weighted by Crippen LogP contribution is -2.28. The lowest BCUT2D eigenvalue weighted by molar-refractivity contribution is -0.119. The SMILES string of the molecule is C[C@H](NC(=O)CSc1nnc(Cc2cccs2)n1C1CC1)c1ccccc1. The molecule has 3 aromatic rings. The Labute approximate surface area is 167 Å². The van der Waals surface area contributed by atoms with Crippen LogP contribution in [0.5, 0.6) is 0 Å². The molecule has 2 aromatic heterocycles. The van der Waals surface area contributed by atoms with Crippen LogP contribution in [0.15, 0.2) is 53.0 Å². The summed E-state index contributed by atoms with van der Waals surface area (Å²) >= 11 is 3.21. The third-order valence-electron chi connectivity index (χ3n) is 4.57. The van der Waals surface area contributed by atoms with E-state index in [2.05, 4.69) is 37.6 Å². The van der Waals surface area contributed by atoms with Gasteiger partial charge >= 0.3 is 0 Å². The number of carbonyl (C=O) groups is 1. The fourth-order valence-corrected chi connectivity index (χ4v) is 4.57. The summed E-state index contributed by atoms with van der Waals surface area (Å²) in [4.78, 5) is 13.7. The van der Waals surface area contributed by atoms with Crippen molar-refractivity contribution < 1.29 is 4.79 Å². The van der Waals surface area contributed by atoms with Crippen LogP contribution in [0.4, 0.5) is 0 Å². The number of thioether (sulfide) groups is 1. The number of rotatable bonds is 8. The minimum atomic E-state index is -0.00464. The number of hydrogen-bond acceptors (Lipinski definition) is 5. The van der Waals surface area contributed by atoms with Gasteiger partial charge in [-0.05, 0) is 36.8 Å². The molecule has 1 aliphatic rings. The molecule has 27 heavy (non-hydrogen) atoms. The van der Waals surface area contributed by atoms with Crippen LogP contribution in [-0.2, 0) is 11.2 Å². The highest BCUT2D eigenvalue weighted by molar-refractivity contribution is 7.99. The van der Waals surface area contributed by atoms with E-state index in [0.717, 1.165) is 23.0 Å². The number of amides is 1. The van der Waals surface area contributed by atoms with Crippen LogP contribution in [0.2, 0.25) is 0 Å². The molecule has 1 amide bonds. The van der Waals surface area contributed by atoms with Gasteiger partial charge in [-0.25, -0.2) is 0 Å². The monoisotopic (exact) mass is 398 g/mol. The highest BCUT2D eigenvalue weighted by Crippen LogP contribution is 2.39. The second kappa shape index (κ2) is 8.27. The minimum Gasteiger partial charge on any atom is -0.349 e. The van der Waals surface area contributed by atoms with Crippen LogP contribution in [0.25, 0.3) is 0 Å². The van der Waals surface area contributed by atoms with Gasteiger partial charge in [0.25, 0.3) is 0 Å². The van der Waals surface area contributed by atoms with E-state index in [1.54, 1.807) is 11.3 Å². The maximum atomic E-state index is 12.4. The van der Waals surface area contributed by atoms with E-state index in [1.807, 2.05) is 37.3 Å². The molecule has 2 heterocycles. The average molecular weight is 399 g/mol. The van der Waals surface area contributed by atoms with Crippen molar-refractivity contribution in [2.45, 2.75) is 43.4 Å². The fourth-order valence-electron chi connectivity index (χ4n) is 3.03. The zero-order valence-corrected chi connectivity index (χ0v) is 16.8. The standard InChI is InChI=1S/C20H22N4OS2/c1-14(15-6-3-2-4-7-15)21-19(25)13-27-20-23-22-18(24(20)16-9-10-16)12-17-8-5-11-26-17/h2-8,11,14,16H,9-10,12-13H2,1H3,(H,21,25)/t14-/m0/s1. The summed E-state index contributed by atoms with van der Waals surface area (Å²) in [5.41, 5.74) is 1.11. The Kier molecular flexibility index (Phi) is 5.59. The van der Waals surface area contributed by atoms with Gasteiger partial charge in [-0.2, -0.15) is 0 Å². The van der Waals surface area contributed by atoms with Gasteiger partial charge in [0.15, 0.2) is 5.16 Å². The van der Waals surface area contributed by atoms with Crippen LogP contribution in [0.1, 0.15) is 48.1 Å². The van der Waals surface area contributed by atoms with E-state index in [9.17, 15) is 4.79 Å². The van der Waals surface area contributed by atoms with E-state index >= 15 is 0 Å². The first kappa shape index (κ1) is 18.3. The molecule has 0 saturated heterocycles. The van der Waals surface area contributed by atoms with Gasteiger partial charge in [0.05, 0.1) is 11.8 Å². The first-order valence-electron chi connectivity index (χ1n) is 9.14. The Morgan fingerprint density at radius 1 is 1.26 bits per heavy atom. The molecule has 0 aliphatic heterocycles. The number of benzene rings is 1. The highest BCUT2D eigenvalue weighted by atomic mass is 32.2. The van der Waals surface area contributed by atoms with Crippen molar-refractivity contribution in [2.24, 2.45) is 0 Å². The van der Waals surface area contributed by atoms with E-state index in [4.69, 9.17) is 0 Å². The molecule has 1 aliphatic carbocycles. The molecule has 5 nitrogen and oxygen atoms in total. The zero-order chi connectivity index (χ0) is 18.6. The third kappa shape index (κ3) is 4.59. The van der Waals surface area contributed by atoms with E-state index < -0.39 is 0 Å². The second-order valence-corrected chi connectivity index (χ2v) is 8.72. The van der Waals surface area contributed by atoms with Crippen LogP contribution in [-0.4, -0.2) is 26.4 Å². The Bertz CT molecular complexity index is 888. The highest BCUT2D eigenvalue weighted by Gasteiger charge is 2.30. The predicted octanol–water partition coefficient (Wildman–Crippen LogP) is 4.23. The van der Waals surface area contributed by atoms with Gasteiger partial charge in [-0.1, -0.05) is 48.2 Å². The maximum absolute atomic E-state index is 12.4. The van der Waals surface area contributed by atoms with Crippen molar-refractivity contribution in [1.82, 2.24) is 20.1 Å². The first-order valence-corrected chi connectivity index (χ1v) is 11.0. The van der Waals surface area contributed by atoms with Crippen molar-refractivity contribution in [3.05, 3.63) is 64.1 Å². The molecule has 1 aromatic carbocycles. The Hall–Kier alpha value is -2.12. The van der Waals surface area contributed by atoms with E-state index in [1.165, 1.54) is 29.5 Å². The lowest BCUT2D eigenvalue weighted by Gasteiger charge is -2.14. The predicted molar refractivity (Wildman–Crippen MR) is 109 cm³/mol. The summed E-state index contributed by atoms with van der Waals surface area (Å²) < 4.78 is 2.23. The van der Waals surface area contributed by atoms with Gasteiger partial charge < -0.3 is 9.88 Å². The number of aromatic nitrogens is 3. The maximum Gasteiger partial charge on any atom is 0.230 e. The average Bonchev–Trinajstić information content (AvgIpc) is 3.23. The fraction of sp³-hybridized carbons (Fsp3) is 0.350. The van der Waals surface area contributed by atoms with Crippen LogP contribution < -0.4 is 5.32 Å². The van der Waals surface area contributed by atoms with Crippen molar-refractivity contribution in [2.75, 3.05) is 5.75 Å². The normalized spacial score (nSPS) is 14.9. The Morgan fingerprint density at radius 2 is 2.07 bits per heavy atom. The van der Waals surface area contributed by atoms with Crippen molar-refractivity contribution in [3.8, 4) is 0 Å². The molecule has 1 fully saturated rings. The molecule has 0 spiro atoms. The Morgan fingerprint density at radius 3 is 2.78 bits per heavy atom. The summed E-state index contributed by atoms with van der Waals surface area (Å²) in [7, 11) is 0. The van der Waals surface area contributed by atoms with Gasteiger partial charge in [-0.3, -0.25) is 4.79 Å². The number of nitrogens with zero attached hydrogens (tertiary/aromatic N) is 3. The number of carbonyl (C=O) groups excluding carboxylic acids is 1. The molecule has 140 valence electrons. The topological polar surface area (TPSA) is 59.8 Å². The number of hydrogen-bond donors (Lipinski definition) is 1. The molecule has 0 unspecified atom stereocenters. The molecule has 1 atom stereocenters. The van der Waals surface area contributed by atoms with E-state index in [0.29, 0.717) is 11.8 Å². The zero-order valence-electron chi connectivity index (χ0n) is 15.2. The molecule has 1 saturated carbocycles. The van der Waals surface area contributed by atoms with Gasteiger partial charge in [0.1, 0.15) is 5.82 Å². The molecule has 4 rings (SSSR count). The number of thiophene rings is 1. The first-order chi connectivity index (χ1) is 13.2. The van der Waals surface area contributed by atoms with Crippen LogP contribution >= 0.6 is 23.1 Å². The number of nitrogens with one attached hydrogen (secondary N) is 1. The van der Waals surface area contributed by atoms with Gasteiger partial charge in [0.2, 0.25) is 5.91 Å². The summed E-state index contributed by atoms with van der Waals surface area (Å²) in [6.07, 6.45) is 3.14. The molecule has 0 bridgehead atoms. The minimum absolute atomic E-state index is 0.00464. The quantitative estimate of drug-likeness (QED) is 0.577. The summed E-state index contributed by atoms with van der Waals surface area (Å²) in [5.74, 6) is 1.36. The van der Waals surface area contributed by atoms with Crippen molar-refractivity contribution in [3.63, 3.8) is 0 Å². The van der Waals surface area contributed by atoms with Crippen molar-refractivity contribution >= 4 is 29.0 Å². The molecule has 7 heteroatoms. The van der Waals surface area contributed by atoms with Crippen molar-refractivity contribution in [1.29, 1.82) is 0 Å². The smallest absolute Gasteiger partial charge is 0.230 e. The van der Waals surface area contributed by atoms with Crippen LogP contribution in [0, 0.1) is 0 Å². The summed E-state index contributed by atoms with van der Waals surface area (Å²) in [6.45, 7) is 2.00. The van der Waals surface area contributed by atoms with Crippen LogP contribution in [0.3, 0.4) is 0 Å². The molecular weight excluding hydrogens is 376 g/mol. The lowest BCUT2D eigenvalue weighted by atomic mass is 10.1. The largest absolute Gasteiger partial charge is 0.349 e. The Balaban J connectivity index is 1.38. The molecule has 0 radical (unpaired) electrons. The van der Waals surface area contributed by atoms with Gasteiger partial charge in [-0.15, -0.1) is 21.5 Å². The molecule has 1 N–H and O–H groups in total. The second-order valence-electron chi connectivity index (χ2n) is 6.74. The third-order valence-corrected chi connectivity index (χ3v) is 6.39. The van der Waals surface area contributed by atoms with Gasteiger partial charge in [0, 0.05) is 17.3 Å². The van der Waals surface area contributed by atoms with E-state index in [-0.39, 0.29) is 11.9 Å².